The maximum Gasteiger partial charge on any atom is 0.408 e. The number of rotatable bonds is 11. The summed E-state index contributed by atoms with van der Waals surface area (Å²) in [4.78, 5) is 42.4. The van der Waals surface area contributed by atoms with Gasteiger partial charge >= 0.3 is 6.09 Å². The van der Waals surface area contributed by atoms with Gasteiger partial charge in [-0.25, -0.2) is 4.79 Å². The minimum Gasteiger partial charge on any atom is -0.507 e. The highest BCUT2D eigenvalue weighted by Crippen LogP contribution is 2.33. The molecule has 3 N–H and O–H groups in total. The summed E-state index contributed by atoms with van der Waals surface area (Å²) in [5.74, 6) is -0.623. The molecule has 3 rings (SSSR count). The van der Waals surface area contributed by atoms with Crippen LogP contribution in [0.25, 0.3) is 0 Å². The molecule has 0 aromatic heterocycles. The third kappa shape index (κ3) is 8.60. The number of nitrogens with one attached hydrogen (secondary N) is 2. The smallest absolute Gasteiger partial charge is 0.408 e. The predicted octanol–water partition coefficient (Wildman–Crippen LogP) is 5.54. The Labute approximate surface area is 247 Å². The van der Waals surface area contributed by atoms with Gasteiger partial charge in [0.25, 0.3) is 5.91 Å². The van der Waals surface area contributed by atoms with Gasteiger partial charge in [-0.2, -0.15) is 0 Å². The Bertz CT molecular complexity index is 1380. The van der Waals surface area contributed by atoms with Crippen LogP contribution < -0.4 is 15.4 Å². The number of methoxy groups -OCH3 is 1. The summed E-state index contributed by atoms with van der Waals surface area (Å²) in [6, 6.07) is 18.6. The van der Waals surface area contributed by atoms with Gasteiger partial charge in [0.15, 0.2) is 0 Å². The number of phenolic OH excluding ortho intramolecular Hbond substituents is 1. The first kappa shape index (κ1) is 31.7. The van der Waals surface area contributed by atoms with E-state index in [1.165, 1.54) is 11.0 Å². The molecule has 3 aromatic carbocycles. The quantitative estimate of drug-likeness (QED) is 0.259. The second-order valence-electron chi connectivity index (χ2n) is 10.8. The molecular weight excluding hydrogens is 534 g/mol. The van der Waals surface area contributed by atoms with E-state index in [1.54, 1.807) is 77.3 Å². The number of hydrogen-bond acceptors (Lipinski definition) is 6. The third-order valence-electron chi connectivity index (χ3n) is 6.36. The highest BCUT2D eigenvalue weighted by molar-refractivity contribution is 5.99. The number of hydrogen-bond donors (Lipinski definition) is 3. The molecule has 3 aromatic rings. The van der Waals surface area contributed by atoms with Crippen LogP contribution in [0.1, 0.15) is 43.5 Å². The fourth-order valence-corrected chi connectivity index (χ4v) is 4.40. The summed E-state index contributed by atoms with van der Waals surface area (Å²) < 4.78 is 10.7. The molecule has 0 aliphatic heterocycles. The van der Waals surface area contributed by atoms with Crippen molar-refractivity contribution in [3.63, 3.8) is 0 Å². The van der Waals surface area contributed by atoms with Crippen molar-refractivity contribution < 1.29 is 29.0 Å². The summed E-state index contributed by atoms with van der Waals surface area (Å²) >= 11 is 0. The van der Waals surface area contributed by atoms with Crippen LogP contribution in [0.4, 0.5) is 10.5 Å². The second-order valence-corrected chi connectivity index (χ2v) is 10.8. The molecule has 0 heterocycles. The number of phenols is 1. The number of para-hydroxylation sites is 1. The standard InChI is InChI=1S/C33H39N3O6/c1-7-20-36(31(39)27(21-23-13-9-8-10-14-23)35-32(40)42-33(3,4)5)28(26-15-11-12-22(2)29(26)37)30(38)34-24-16-18-25(41-6)19-17-24/h7-19,27-28,37H,1,20-21H2,2-6H3,(H,34,38)(H,35,40). The van der Waals surface area contributed by atoms with Crippen molar-refractivity contribution >= 4 is 23.6 Å². The molecule has 2 unspecified atom stereocenters. The normalized spacial score (nSPS) is 12.4. The fraction of sp³-hybridized carbons (Fsp3) is 0.303. The number of benzene rings is 3. The van der Waals surface area contributed by atoms with E-state index < -0.39 is 35.6 Å². The molecule has 0 spiro atoms. The predicted molar refractivity (Wildman–Crippen MR) is 162 cm³/mol. The van der Waals surface area contributed by atoms with Crippen molar-refractivity contribution in [1.29, 1.82) is 0 Å². The number of amides is 3. The highest BCUT2D eigenvalue weighted by atomic mass is 16.6. The molecule has 0 saturated carbocycles. The minimum atomic E-state index is -1.27. The summed E-state index contributed by atoms with van der Waals surface area (Å²) in [5.41, 5.74) is 1.24. The largest absolute Gasteiger partial charge is 0.507 e. The first-order chi connectivity index (χ1) is 19.9. The lowest BCUT2D eigenvalue weighted by molar-refractivity contribution is -0.140. The molecule has 0 saturated heterocycles. The van der Waals surface area contributed by atoms with Gasteiger partial charge < -0.3 is 30.1 Å². The van der Waals surface area contributed by atoms with Gasteiger partial charge in [0, 0.05) is 24.2 Å². The van der Waals surface area contributed by atoms with Gasteiger partial charge in [-0.1, -0.05) is 54.6 Å². The number of aryl methyl sites for hydroxylation is 1. The lowest BCUT2D eigenvalue weighted by Gasteiger charge is -2.34. The molecule has 9 heteroatoms. The van der Waals surface area contributed by atoms with E-state index in [0.717, 1.165) is 5.56 Å². The Kier molecular flexibility index (Phi) is 10.7. The summed E-state index contributed by atoms with van der Waals surface area (Å²) in [6.45, 7) is 10.6. The molecular formula is C33H39N3O6. The molecule has 0 bridgehead atoms. The maximum absolute atomic E-state index is 14.3. The first-order valence-electron chi connectivity index (χ1n) is 13.6. The summed E-state index contributed by atoms with van der Waals surface area (Å²) in [6.07, 6.45) is 0.859. The molecule has 2 atom stereocenters. The maximum atomic E-state index is 14.3. The van der Waals surface area contributed by atoms with Crippen molar-refractivity contribution in [2.45, 2.75) is 51.8 Å². The Balaban J connectivity index is 2.06. The van der Waals surface area contributed by atoms with Crippen LogP contribution in [-0.2, 0) is 20.7 Å². The fourth-order valence-electron chi connectivity index (χ4n) is 4.40. The number of carbonyl (C=O) groups excluding carboxylic acids is 3. The topological polar surface area (TPSA) is 117 Å². The van der Waals surface area contributed by atoms with Crippen molar-refractivity contribution in [3.05, 3.63) is 102 Å². The average molecular weight is 574 g/mol. The van der Waals surface area contributed by atoms with Gasteiger partial charge in [-0.05, 0) is 63.1 Å². The van der Waals surface area contributed by atoms with Crippen LogP contribution in [0.15, 0.2) is 85.5 Å². The van der Waals surface area contributed by atoms with Crippen molar-refractivity contribution in [3.8, 4) is 11.5 Å². The van der Waals surface area contributed by atoms with Gasteiger partial charge in [-0.3, -0.25) is 9.59 Å². The van der Waals surface area contributed by atoms with Crippen molar-refractivity contribution in [2.24, 2.45) is 0 Å². The van der Waals surface area contributed by atoms with Gasteiger partial charge in [0.2, 0.25) is 5.91 Å². The number of carbonyl (C=O) groups is 3. The molecule has 0 aliphatic rings. The monoisotopic (exact) mass is 573 g/mol. The van der Waals surface area contributed by atoms with E-state index in [1.807, 2.05) is 30.3 Å². The molecule has 0 aliphatic carbocycles. The molecule has 42 heavy (non-hydrogen) atoms. The highest BCUT2D eigenvalue weighted by Gasteiger charge is 2.37. The number of anilines is 1. The second kappa shape index (κ2) is 14.2. The Morgan fingerprint density at radius 2 is 1.67 bits per heavy atom. The van der Waals surface area contributed by atoms with Crippen LogP contribution in [0.5, 0.6) is 11.5 Å². The lowest BCUT2D eigenvalue weighted by Crippen LogP contribution is -2.53. The van der Waals surface area contributed by atoms with Crippen LogP contribution >= 0.6 is 0 Å². The minimum absolute atomic E-state index is 0.0474. The molecule has 0 fully saturated rings. The number of alkyl carbamates (subject to hydrolysis) is 1. The van der Waals surface area contributed by atoms with Crippen LogP contribution in [0.3, 0.4) is 0 Å². The number of ether oxygens (including phenoxy) is 2. The van der Waals surface area contributed by atoms with Crippen LogP contribution in [-0.4, -0.2) is 53.2 Å². The van der Waals surface area contributed by atoms with Gasteiger partial charge in [0.1, 0.15) is 29.2 Å². The average Bonchev–Trinajstić information content (AvgIpc) is 2.94. The molecule has 222 valence electrons. The Hall–Kier alpha value is -4.79. The van der Waals surface area contributed by atoms with E-state index in [2.05, 4.69) is 17.2 Å². The zero-order valence-corrected chi connectivity index (χ0v) is 24.7. The number of aromatic hydroxyl groups is 1. The number of nitrogens with zero attached hydrogens (tertiary/aromatic N) is 1. The van der Waals surface area contributed by atoms with Crippen molar-refractivity contribution in [2.75, 3.05) is 19.0 Å². The SMILES string of the molecule is C=CCN(C(=O)C(Cc1ccccc1)NC(=O)OC(C)(C)C)C(C(=O)Nc1ccc(OC)cc1)c1cccc(C)c1O. The summed E-state index contributed by atoms with van der Waals surface area (Å²) in [7, 11) is 1.54. The molecule has 9 nitrogen and oxygen atoms in total. The summed E-state index contributed by atoms with van der Waals surface area (Å²) in [5, 5.41) is 16.6. The van der Waals surface area contributed by atoms with E-state index in [9.17, 15) is 19.5 Å². The van der Waals surface area contributed by atoms with Crippen LogP contribution in [0.2, 0.25) is 0 Å². The molecule has 0 radical (unpaired) electrons. The van der Waals surface area contributed by atoms with E-state index >= 15 is 0 Å². The third-order valence-corrected chi connectivity index (χ3v) is 6.36. The molecule has 3 amide bonds. The van der Waals surface area contributed by atoms with Crippen molar-refractivity contribution in [1.82, 2.24) is 10.2 Å². The van der Waals surface area contributed by atoms with E-state index in [-0.39, 0.29) is 24.3 Å². The Morgan fingerprint density at radius 3 is 2.26 bits per heavy atom. The van der Waals surface area contributed by atoms with Crippen LogP contribution in [0, 0.1) is 6.92 Å². The van der Waals surface area contributed by atoms with Gasteiger partial charge in [-0.15, -0.1) is 6.58 Å². The zero-order chi connectivity index (χ0) is 30.9. The zero-order valence-electron chi connectivity index (χ0n) is 24.7. The van der Waals surface area contributed by atoms with Gasteiger partial charge in [0.05, 0.1) is 7.11 Å². The first-order valence-corrected chi connectivity index (χ1v) is 13.6. The van der Waals surface area contributed by atoms with E-state index in [4.69, 9.17) is 9.47 Å². The lowest BCUT2D eigenvalue weighted by atomic mass is 9.98. The van der Waals surface area contributed by atoms with E-state index in [0.29, 0.717) is 17.0 Å². The Morgan fingerprint density at radius 1 is 1.00 bits per heavy atom.